The molecule has 0 fully saturated rings. The van der Waals surface area contributed by atoms with Crippen molar-refractivity contribution in [2.24, 2.45) is 0 Å². The second kappa shape index (κ2) is 8.71. The highest BCUT2D eigenvalue weighted by atomic mass is 32.1. The number of rotatable bonds is 5. The maximum absolute atomic E-state index is 13.5. The SMILES string of the molecule is Cc1nc(-c2ccccc2)sc1CCNC(=O)C(=O)Nc1ccc(F)cc1F. The van der Waals surface area contributed by atoms with Gasteiger partial charge in [0.1, 0.15) is 16.6 Å². The molecule has 0 atom stereocenters. The van der Waals surface area contributed by atoms with Gasteiger partial charge in [0.05, 0.1) is 11.4 Å². The largest absolute Gasteiger partial charge is 0.347 e. The summed E-state index contributed by atoms with van der Waals surface area (Å²) in [6.45, 7) is 2.12. The summed E-state index contributed by atoms with van der Waals surface area (Å²) in [5.74, 6) is -3.63. The highest BCUT2D eigenvalue weighted by Gasteiger charge is 2.16. The number of halogens is 2. The zero-order valence-corrected chi connectivity index (χ0v) is 15.8. The van der Waals surface area contributed by atoms with E-state index in [9.17, 15) is 18.4 Å². The molecule has 8 heteroatoms. The van der Waals surface area contributed by atoms with Crippen molar-refractivity contribution in [3.63, 3.8) is 0 Å². The molecule has 0 aliphatic carbocycles. The minimum Gasteiger partial charge on any atom is -0.347 e. The van der Waals surface area contributed by atoms with Crippen LogP contribution in [0.4, 0.5) is 14.5 Å². The number of aromatic nitrogens is 1. The van der Waals surface area contributed by atoms with Crippen LogP contribution in [-0.2, 0) is 16.0 Å². The number of hydrogen-bond donors (Lipinski definition) is 2. The van der Waals surface area contributed by atoms with Crippen molar-refractivity contribution in [2.75, 3.05) is 11.9 Å². The average molecular weight is 401 g/mol. The Morgan fingerprint density at radius 2 is 1.82 bits per heavy atom. The lowest BCUT2D eigenvalue weighted by Crippen LogP contribution is -2.36. The number of nitrogens with zero attached hydrogens (tertiary/aromatic N) is 1. The van der Waals surface area contributed by atoms with E-state index in [0.717, 1.165) is 33.3 Å². The minimum absolute atomic E-state index is 0.232. The number of nitrogens with one attached hydrogen (secondary N) is 2. The molecule has 1 heterocycles. The molecule has 0 aliphatic heterocycles. The van der Waals surface area contributed by atoms with Gasteiger partial charge in [0, 0.05) is 29.5 Å². The molecule has 3 aromatic rings. The van der Waals surface area contributed by atoms with E-state index >= 15 is 0 Å². The zero-order chi connectivity index (χ0) is 20.1. The molecule has 144 valence electrons. The van der Waals surface area contributed by atoms with Crippen molar-refractivity contribution in [1.29, 1.82) is 0 Å². The van der Waals surface area contributed by atoms with Crippen LogP contribution in [0.1, 0.15) is 10.6 Å². The third-order valence-electron chi connectivity index (χ3n) is 3.94. The number of anilines is 1. The van der Waals surface area contributed by atoms with E-state index in [-0.39, 0.29) is 12.2 Å². The monoisotopic (exact) mass is 401 g/mol. The summed E-state index contributed by atoms with van der Waals surface area (Å²) in [5, 5.41) is 5.50. The third-order valence-corrected chi connectivity index (χ3v) is 5.20. The first-order valence-corrected chi connectivity index (χ1v) is 9.31. The number of benzene rings is 2. The van der Waals surface area contributed by atoms with Gasteiger partial charge in [-0.3, -0.25) is 9.59 Å². The van der Waals surface area contributed by atoms with Crippen molar-refractivity contribution < 1.29 is 18.4 Å². The van der Waals surface area contributed by atoms with Crippen LogP contribution in [-0.4, -0.2) is 23.3 Å². The minimum atomic E-state index is -1.02. The highest BCUT2D eigenvalue weighted by molar-refractivity contribution is 7.15. The van der Waals surface area contributed by atoms with E-state index < -0.39 is 23.4 Å². The Morgan fingerprint density at radius 1 is 1.07 bits per heavy atom. The molecule has 2 aromatic carbocycles. The number of thiazole rings is 1. The Balaban J connectivity index is 1.54. The second-order valence-corrected chi connectivity index (χ2v) is 7.06. The summed E-state index contributed by atoms with van der Waals surface area (Å²) in [7, 11) is 0. The predicted octanol–water partition coefficient (Wildman–Crippen LogP) is 3.69. The third kappa shape index (κ3) is 4.77. The Kier molecular flexibility index (Phi) is 6.10. The topological polar surface area (TPSA) is 71.1 Å². The molecule has 5 nitrogen and oxygen atoms in total. The molecule has 2 N–H and O–H groups in total. The van der Waals surface area contributed by atoms with Crippen molar-refractivity contribution in [1.82, 2.24) is 10.3 Å². The second-order valence-electron chi connectivity index (χ2n) is 5.98. The van der Waals surface area contributed by atoms with E-state index in [2.05, 4.69) is 15.6 Å². The van der Waals surface area contributed by atoms with E-state index in [4.69, 9.17) is 0 Å². The summed E-state index contributed by atoms with van der Waals surface area (Å²) >= 11 is 1.53. The van der Waals surface area contributed by atoms with Gasteiger partial charge in [0.15, 0.2) is 0 Å². The van der Waals surface area contributed by atoms with Crippen molar-refractivity contribution in [3.8, 4) is 10.6 Å². The smallest absolute Gasteiger partial charge is 0.313 e. The lowest BCUT2D eigenvalue weighted by atomic mass is 10.2. The molecule has 2 amide bonds. The van der Waals surface area contributed by atoms with Gasteiger partial charge in [0.2, 0.25) is 0 Å². The summed E-state index contributed by atoms with van der Waals surface area (Å²) in [6.07, 6.45) is 0.514. The molecule has 0 unspecified atom stereocenters. The number of aryl methyl sites for hydroxylation is 1. The molecule has 3 rings (SSSR count). The molecule has 0 bridgehead atoms. The van der Waals surface area contributed by atoms with Crippen LogP contribution in [0.15, 0.2) is 48.5 Å². The number of carbonyl (C=O) groups excluding carboxylic acids is 2. The van der Waals surface area contributed by atoms with Crippen molar-refractivity contribution in [3.05, 3.63) is 70.7 Å². The Bertz CT molecular complexity index is 1010. The average Bonchev–Trinajstić information content (AvgIpc) is 3.05. The van der Waals surface area contributed by atoms with Crippen LogP contribution in [0.2, 0.25) is 0 Å². The molecular formula is C20H17F2N3O2S. The van der Waals surface area contributed by atoms with Gasteiger partial charge < -0.3 is 10.6 Å². The Labute approximate surface area is 164 Å². The number of amides is 2. The van der Waals surface area contributed by atoms with Gasteiger partial charge in [-0.15, -0.1) is 11.3 Å². The van der Waals surface area contributed by atoms with E-state index in [1.165, 1.54) is 11.3 Å². The fraction of sp³-hybridized carbons (Fsp3) is 0.150. The highest BCUT2D eigenvalue weighted by Crippen LogP contribution is 2.27. The van der Waals surface area contributed by atoms with Crippen LogP contribution >= 0.6 is 11.3 Å². The first-order valence-electron chi connectivity index (χ1n) is 8.50. The molecule has 28 heavy (non-hydrogen) atoms. The van der Waals surface area contributed by atoms with Crippen LogP contribution in [0.25, 0.3) is 10.6 Å². The lowest BCUT2D eigenvalue weighted by molar-refractivity contribution is -0.136. The van der Waals surface area contributed by atoms with Gasteiger partial charge in [0.25, 0.3) is 0 Å². The van der Waals surface area contributed by atoms with Gasteiger partial charge in [-0.1, -0.05) is 30.3 Å². The number of hydrogen-bond acceptors (Lipinski definition) is 4. The first-order chi connectivity index (χ1) is 13.4. The number of carbonyl (C=O) groups is 2. The van der Waals surface area contributed by atoms with E-state index in [1.807, 2.05) is 37.3 Å². The maximum Gasteiger partial charge on any atom is 0.313 e. The van der Waals surface area contributed by atoms with Gasteiger partial charge in [-0.2, -0.15) is 0 Å². The molecule has 0 aliphatic rings. The normalized spacial score (nSPS) is 10.5. The van der Waals surface area contributed by atoms with Crippen LogP contribution in [0, 0.1) is 18.6 Å². The summed E-state index contributed by atoms with van der Waals surface area (Å²) in [5.41, 5.74) is 1.63. The Morgan fingerprint density at radius 3 is 2.54 bits per heavy atom. The first kappa shape index (κ1) is 19.6. The van der Waals surface area contributed by atoms with Crippen LogP contribution in [0.3, 0.4) is 0 Å². The summed E-state index contributed by atoms with van der Waals surface area (Å²) in [6, 6.07) is 12.4. The molecule has 0 saturated carbocycles. The molecule has 0 radical (unpaired) electrons. The van der Waals surface area contributed by atoms with Gasteiger partial charge >= 0.3 is 11.8 Å². The predicted molar refractivity (Wildman–Crippen MR) is 104 cm³/mol. The summed E-state index contributed by atoms with van der Waals surface area (Å²) < 4.78 is 26.4. The molecular weight excluding hydrogens is 384 g/mol. The fourth-order valence-electron chi connectivity index (χ4n) is 2.50. The van der Waals surface area contributed by atoms with Gasteiger partial charge in [-0.05, 0) is 19.1 Å². The fourth-order valence-corrected chi connectivity index (χ4v) is 3.57. The Hall–Kier alpha value is -3.13. The van der Waals surface area contributed by atoms with E-state index in [0.29, 0.717) is 12.5 Å². The van der Waals surface area contributed by atoms with Crippen LogP contribution in [0.5, 0.6) is 0 Å². The quantitative estimate of drug-likeness (QED) is 0.641. The van der Waals surface area contributed by atoms with Crippen LogP contribution < -0.4 is 10.6 Å². The lowest BCUT2D eigenvalue weighted by Gasteiger charge is -2.07. The molecule has 0 saturated heterocycles. The maximum atomic E-state index is 13.5. The van der Waals surface area contributed by atoms with Crippen molar-refractivity contribution >= 4 is 28.8 Å². The summed E-state index contributed by atoms with van der Waals surface area (Å²) in [4.78, 5) is 29.3. The standard InChI is InChI=1S/C20H17F2N3O2S/c1-12-17(28-20(24-12)13-5-3-2-4-6-13)9-10-23-18(26)19(27)25-16-8-7-14(21)11-15(16)22/h2-8,11H,9-10H2,1H3,(H,23,26)(H,25,27). The molecule has 1 aromatic heterocycles. The zero-order valence-electron chi connectivity index (χ0n) is 15.0. The van der Waals surface area contributed by atoms with E-state index in [1.54, 1.807) is 0 Å². The van der Waals surface area contributed by atoms with Crippen molar-refractivity contribution in [2.45, 2.75) is 13.3 Å². The van der Waals surface area contributed by atoms with Gasteiger partial charge in [-0.25, -0.2) is 13.8 Å². The molecule has 0 spiro atoms.